The Kier molecular flexibility index (Phi) is 7.07. The summed E-state index contributed by atoms with van der Waals surface area (Å²) in [4.78, 5) is 9.37. The number of anilines is 1. The molecule has 3 rings (SSSR count). The van der Waals surface area contributed by atoms with E-state index < -0.39 is 0 Å². The molecule has 1 aromatic heterocycles. The molecule has 2 aliphatic carbocycles. The van der Waals surface area contributed by atoms with Crippen LogP contribution in [-0.2, 0) is 11.2 Å². The van der Waals surface area contributed by atoms with Gasteiger partial charge in [0.2, 0.25) is 0 Å². The molecule has 6 heteroatoms. The Morgan fingerprint density at radius 1 is 1.19 bits per heavy atom. The molecule has 0 amide bonds. The van der Waals surface area contributed by atoms with Crippen LogP contribution in [0.25, 0.3) is 5.70 Å². The van der Waals surface area contributed by atoms with Gasteiger partial charge in [-0.25, -0.2) is 9.97 Å². The van der Waals surface area contributed by atoms with Crippen molar-refractivity contribution in [1.82, 2.24) is 9.97 Å². The van der Waals surface area contributed by atoms with E-state index in [2.05, 4.69) is 16.9 Å². The summed E-state index contributed by atoms with van der Waals surface area (Å²) in [6.45, 7) is 4.17. The third-order valence-electron chi connectivity index (χ3n) is 6.23. The fraction of sp³-hybridized carbons (Fsp3) is 0.714. The molecule has 0 bridgehead atoms. The van der Waals surface area contributed by atoms with E-state index in [0.717, 1.165) is 62.2 Å². The Labute approximate surface area is 162 Å². The minimum Gasteiger partial charge on any atom is -0.399 e. The van der Waals surface area contributed by atoms with Crippen LogP contribution in [0.5, 0.6) is 0 Å². The molecule has 150 valence electrons. The first kappa shape index (κ1) is 20.1. The molecule has 0 spiro atoms. The number of nitrogens with zero attached hydrogens (tertiary/aromatic N) is 2. The van der Waals surface area contributed by atoms with Crippen LogP contribution in [-0.4, -0.2) is 40.9 Å². The van der Waals surface area contributed by atoms with Gasteiger partial charge in [0.25, 0.3) is 0 Å². The molecule has 27 heavy (non-hydrogen) atoms. The van der Waals surface area contributed by atoms with Crippen LogP contribution in [0.2, 0.25) is 0 Å². The van der Waals surface area contributed by atoms with Crippen molar-refractivity contribution in [2.24, 2.45) is 17.6 Å². The molecule has 2 fully saturated rings. The second-order valence-corrected chi connectivity index (χ2v) is 8.20. The van der Waals surface area contributed by atoms with Gasteiger partial charge in [-0.1, -0.05) is 6.58 Å². The molecule has 0 aromatic carbocycles. The van der Waals surface area contributed by atoms with Crippen LogP contribution in [0.3, 0.4) is 0 Å². The lowest BCUT2D eigenvalue weighted by atomic mass is 9.85. The highest BCUT2D eigenvalue weighted by molar-refractivity contribution is 5.70. The standard InChI is InChI=1S/C21H34N4O2/c1-14(22)19-12-23-20(11-15-5-9-18(27-2)10-6-15)25-21(19)24-17-7-3-16(13-26)4-8-17/h12,15-18,26H,1,3-11,13,22H2,2H3,(H,23,24,25). The molecule has 0 aliphatic heterocycles. The minimum atomic E-state index is 0.292. The van der Waals surface area contributed by atoms with Crippen LogP contribution in [0.1, 0.15) is 62.8 Å². The molecular formula is C21H34N4O2. The molecular weight excluding hydrogens is 340 g/mol. The Morgan fingerprint density at radius 2 is 1.85 bits per heavy atom. The van der Waals surface area contributed by atoms with Gasteiger partial charge in [-0.15, -0.1) is 0 Å². The van der Waals surface area contributed by atoms with Gasteiger partial charge in [0, 0.05) is 38.1 Å². The van der Waals surface area contributed by atoms with Crippen molar-refractivity contribution in [2.45, 2.75) is 69.9 Å². The monoisotopic (exact) mass is 374 g/mol. The number of hydrogen-bond acceptors (Lipinski definition) is 6. The Hall–Kier alpha value is -1.66. The predicted molar refractivity (Wildman–Crippen MR) is 108 cm³/mol. The lowest BCUT2D eigenvalue weighted by Crippen LogP contribution is -2.28. The smallest absolute Gasteiger partial charge is 0.139 e. The van der Waals surface area contributed by atoms with Crippen LogP contribution < -0.4 is 11.1 Å². The van der Waals surface area contributed by atoms with Crippen molar-refractivity contribution in [3.8, 4) is 0 Å². The van der Waals surface area contributed by atoms with Crippen molar-refractivity contribution in [3.63, 3.8) is 0 Å². The third kappa shape index (κ3) is 5.42. The topological polar surface area (TPSA) is 93.3 Å². The molecule has 0 saturated heterocycles. The van der Waals surface area contributed by atoms with Gasteiger partial charge in [0.05, 0.1) is 11.7 Å². The van der Waals surface area contributed by atoms with E-state index in [1.807, 2.05) is 6.20 Å². The highest BCUT2D eigenvalue weighted by Crippen LogP contribution is 2.30. The van der Waals surface area contributed by atoms with Crippen LogP contribution in [0, 0.1) is 11.8 Å². The van der Waals surface area contributed by atoms with Crippen molar-refractivity contribution in [1.29, 1.82) is 0 Å². The highest BCUT2D eigenvalue weighted by atomic mass is 16.5. The third-order valence-corrected chi connectivity index (χ3v) is 6.23. The van der Waals surface area contributed by atoms with Crippen LogP contribution in [0.4, 0.5) is 5.82 Å². The summed E-state index contributed by atoms with van der Waals surface area (Å²) >= 11 is 0. The van der Waals surface area contributed by atoms with Gasteiger partial charge < -0.3 is 20.9 Å². The second-order valence-electron chi connectivity index (χ2n) is 8.20. The number of hydrogen-bond donors (Lipinski definition) is 3. The fourth-order valence-corrected chi connectivity index (χ4v) is 4.37. The zero-order valence-corrected chi connectivity index (χ0v) is 16.5. The number of aliphatic hydroxyl groups excluding tert-OH is 1. The first-order chi connectivity index (χ1) is 13.1. The predicted octanol–water partition coefficient (Wildman–Crippen LogP) is 3.12. The van der Waals surface area contributed by atoms with E-state index in [1.54, 1.807) is 7.11 Å². The highest BCUT2D eigenvalue weighted by Gasteiger charge is 2.24. The summed E-state index contributed by atoms with van der Waals surface area (Å²) in [5.74, 6) is 2.75. The molecule has 4 N–H and O–H groups in total. The van der Waals surface area contributed by atoms with Crippen molar-refractivity contribution >= 4 is 11.5 Å². The summed E-state index contributed by atoms with van der Waals surface area (Å²) in [7, 11) is 1.80. The first-order valence-corrected chi connectivity index (χ1v) is 10.3. The van der Waals surface area contributed by atoms with E-state index in [1.165, 1.54) is 12.8 Å². The average molecular weight is 375 g/mol. The van der Waals surface area contributed by atoms with E-state index in [0.29, 0.717) is 36.3 Å². The van der Waals surface area contributed by atoms with E-state index in [4.69, 9.17) is 15.5 Å². The molecule has 0 unspecified atom stereocenters. The fourth-order valence-electron chi connectivity index (χ4n) is 4.37. The van der Waals surface area contributed by atoms with Gasteiger partial charge in [-0.3, -0.25) is 0 Å². The van der Waals surface area contributed by atoms with E-state index in [9.17, 15) is 5.11 Å². The molecule has 0 radical (unpaired) electrons. The molecule has 2 saturated carbocycles. The molecule has 0 atom stereocenters. The number of aromatic nitrogens is 2. The van der Waals surface area contributed by atoms with Gasteiger partial charge in [-0.05, 0) is 63.2 Å². The maximum absolute atomic E-state index is 9.33. The number of nitrogens with one attached hydrogen (secondary N) is 1. The number of rotatable bonds is 7. The van der Waals surface area contributed by atoms with Gasteiger partial charge in [-0.2, -0.15) is 0 Å². The Morgan fingerprint density at radius 3 is 2.44 bits per heavy atom. The lowest BCUT2D eigenvalue weighted by molar-refractivity contribution is 0.0566. The largest absolute Gasteiger partial charge is 0.399 e. The quantitative estimate of drug-likeness (QED) is 0.679. The van der Waals surface area contributed by atoms with Crippen LogP contribution >= 0.6 is 0 Å². The van der Waals surface area contributed by atoms with Crippen LogP contribution in [0.15, 0.2) is 12.8 Å². The molecule has 2 aliphatic rings. The maximum Gasteiger partial charge on any atom is 0.139 e. The molecule has 1 aromatic rings. The lowest BCUT2D eigenvalue weighted by Gasteiger charge is -2.29. The van der Waals surface area contributed by atoms with Crippen molar-refractivity contribution in [3.05, 3.63) is 24.2 Å². The van der Waals surface area contributed by atoms with Crippen molar-refractivity contribution in [2.75, 3.05) is 19.0 Å². The SMILES string of the molecule is C=C(N)c1cnc(CC2CCC(OC)CC2)nc1NC1CCC(CO)CC1. The summed E-state index contributed by atoms with van der Waals surface area (Å²) in [6.07, 6.45) is 11.9. The van der Waals surface area contributed by atoms with E-state index >= 15 is 0 Å². The van der Waals surface area contributed by atoms with E-state index in [-0.39, 0.29) is 0 Å². The Balaban J connectivity index is 1.65. The van der Waals surface area contributed by atoms with Crippen molar-refractivity contribution < 1.29 is 9.84 Å². The summed E-state index contributed by atoms with van der Waals surface area (Å²) in [5, 5.41) is 12.9. The number of methoxy groups -OCH3 is 1. The Bertz CT molecular complexity index is 621. The minimum absolute atomic E-state index is 0.292. The summed E-state index contributed by atoms with van der Waals surface area (Å²) < 4.78 is 5.47. The van der Waals surface area contributed by atoms with Gasteiger partial charge in [0.1, 0.15) is 11.6 Å². The average Bonchev–Trinajstić information content (AvgIpc) is 2.69. The number of aliphatic hydroxyl groups is 1. The zero-order chi connectivity index (χ0) is 19.2. The zero-order valence-electron chi connectivity index (χ0n) is 16.5. The normalized spacial score (nSPS) is 28.7. The number of nitrogens with two attached hydrogens (primary N) is 1. The number of ether oxygens (including phenoxy) is 1. The van der Waals surface area contributed by atoms with Gasteiger partial charge in [0.15, 0.2) is 0 Å². The summed E-state index contributed by atoms with van der Waals surface area (Å²) in [5.41, 5.74) is 7.26. The molecule has 6 nitrogen and oxygen atoms in total. The maximum atomic E-state index is 9.33. The molecule has 1 heterocycles. The summed E-state index contributed by atoms with van der Waals surface area (Å²) in [6, 6.07) is 0.366. The second kappa shape index (κ2) is 9.51. The first-order valence-electron chi connectivity index (χ1n) is 10.3. The van der Waals surface area contributed by atoms with Gasteiger partial charge >= 0.3 is 0 Å².